The number of nitrogens with zero attached hydrogens (tertiary/aromatic N) is 1. The molecule has 0 fully saturated rings. The summed E-state index contributed by atoms with van der Waals surface area (Å²) >= 11 is 0. The van der Waals surface area contributed by atoms with Gasteiger partial charge in [0, 0.05) is 17.8 Å². The summed E-state index contributed by atoms with van der Waals surface area (Å²) in [4.78, 5) is 11.6. The molecule has 0 spiro atoms. The summed E-state index contributed by atoms with van der Waals surface area (Å²) in [7, 11) is 0. The van der Waals surface area contributed by atoms with Gasteiger partial charge in [-0.05, 0) is 19.1 Å². The Morgan fingerprint density at radius 1 is 1.47 bits per heavy atom. The van der Waals surface area contributed by atoms with Gasteiger partial charge in [-0.25, -0.2) is 0 Å². The average molecular weight is 261 g/mol. The second-order valence-corrected chi connectivity index (χ2v) is 4.07. The molecule has 0 unspecified atom stereocenters. The van der Waals surface area contributed by atoms with Crippen molar-refractivity contribution in [3.63, 3.8) is 0 Å². The largest absolute Gasteiger partial charge is 0.484 e. The second kappa shape index (κ2) is 5.90. The average Bonchev–Trinajstić information content (AvgIpc) is 2.80. The maximum absolute atomic E-state index is 11.6. The summed E-state index contributed by atoms with van der Waals surface area (Å²) in [5, 5.41) is 6.45. The highest BCUT2D eigenvalue weighted by Crippen LogP contribution is 2.13. The Bertz CT molecular complexity index is 566. The third kappa shape index (κ3) is 4.02. The van der Waals surface area contributed by atoms with Gasteiger partial charge in [0.15, 0.2) is 6.61 Å². The summed E-state index contributed by atoms with van der Waals surface area (Å²) < 4.78 is 10.2. The molecule has 0 atom stereocenters. The smallest absolute Gasteiger partial charge is 0.258 e. The van der Waals surface area contributed by atoms with Crippen molar-refractivity contribution in [1.82, 2.24) is 10.5 Å². The molecule has 2 aromatic rings. The van der Waals surface area contributed by atoms with Gasteiger partial charge in [-0.1, -0.05) is 11.2 Å². The van der Waals surface area contributed by atoms with Crippen LogP contribution < -0.4 is 15.8 Å². The molecule has 2 rings (SSSR count). The first-order chi connectivity index (χ1) is 9.13. The lowest BCUT2D eigenvalue weighted by Gasteiger charge is -2.06. The second-order valence-electron chi connectivity index (χ2n) is 4.07. The number of anilines is 1. The van der Waals surface area contributed by atoms with Crippen LogP contribution in [0.25, 0.3) is 0 Å². The van der Waals surface area contributed by atoms with Gasteiger partial charge in [0.2, 0.25) is 0 Å². The van der Waals surface area contributed by atoms with Crippen LogP contribution in [0.3, 0.4) is 0 Å². The van der Waals surface area contributed by atoms with Crippen molar-refractivity contribution in [3.8, 4) is 5.75 Å². The predicted molar refractivity (Wildman–Crippen MR) is 69.4 cm³/mol. The normalized spacial score (nSPS) is 10.2. The molecule has 1 heterocycles. The molecule has 100 valence electrons. The molecule has 0 aliphatic rings. The van der Waals surface area contributed by atoms with Crippen molar-refractivity contribution in [2.24, 2.45) is 0 Å². The van der Waals surface area contributed by atoms with E-state index < -0.39 is 0 Å². The quantitative estimate of drug-likeness (QED) is 0.791. The van der Waals surface area contributed by atoms with Gasteiger partial charge in [0.1, 0.15) is 17.2 Å². The van der Waals surface area contributed by atoms with Crippen molar-refractivity contribution >= 4 is 11.6 Å². The zero-order chi connectivity index (χ0) is 13.7. The molecule has 0 bridgehead atoms. The fraction of sp³-hybridized carbons (Fsp3) is 0.231. The van der Waals surface area contributed by atoms with Crippen LogP contribution >= 0.6 is 0 Å². The molecule has 1 aromatic carbocycles. The Kier molecular flexibility index (Phi) is 4.02. The van der Waals surface area contributed by atoms with Gasteiger partial charge in [-0.2, -0.15) is 0 Å². The van der Waals surface area contributed by atoms with E-state index in [1.165, 1.54) is 0 Å². The maximum atomic E-state index is 11.6. The Hall–Kier alpha value is -2.50. The number of amides is 1. The predicted octanol–water partition coefficient (Wildman–Crippen LogP) is 1.26. The molecule has 0 aliphatic carbocycles. The van der Waals surface area contributed by atoms with Gasteiger partial charge >= 0.3 is 0 Å². The first-order valence-corrected chi connectivity index (χ1v) is 5.81. The van der Waals surface area contributed by atoms with Gasteiger partial charge < -0.3 is 20.3 Å². The van der Waals surface area contributed by atoms with Gasteiger partial charge in [0.25, 0.3) is 5.91 Å². The Labute approximate surface area is 110 Å². The van der Waals surface area contributed by atoms with E-state index in [9.17, 15) is 4.79 Å². The minimum Gasteiger partial charge on any atom is -0.484 e. The highest BCUT2D eigenvalue weighted by molar-refractivity contribution is 5.77. The van der Waals surface area contributed by atoms with E-state index >= 15 is 0 Å². The highest BCUT2D eigenvalue weighted by atomic mass is 16.5. The molecule has 1 amide bonds. The number of benzene rings is 1. The number of nitrogen functional groups attached to an aromatic ring is 1. The Balaban J connectivity index is 1.75. The lowest BCUT2D eigenvalue weighted by molar-refractivity contribution is -0.123. The minimum atomic E-state index is -0.233. The molecule has 6 nitrogen and oxygen atoms in total. The van der Waals surface area contributed by atoms with Crippen molar-refractivity contribution in [2.75, 3.05) is 12.3 Å². The molecule has 19 heavy (non-hydrogen) atoms. The molecule has 0 saturated heterocycles. The molecule has 3 N–H and O–H groups in total. The number of ether oxygens (including phenoxy) is 1. The van der Waals surface area contributed by atoms with Crippen LogP contribution in [-0.2, 0) is 11.3 Å². The summed E-state index contributed by atoms with van der Waals surface area (Å²) in [5.74, 6) is 1.04. The van der Waals surface area contributed by atoms with E-state index in [1.54, 1.807) is 37.3 Å². The number of nitrogens with two attached hydrogens (primary N) is 1. The highest BCUT2D eigenvalue weighted by Gasteiger charge is 2.05. The first-order valence-electron chi connectivity index (χ1n) is 5.81. The van der Waals surface area contributed by atoms with E-state index in [1.807, 2.05) is 0 Å². The van der Waals surface area contributed by atoms with Crippen LogP contribution in [0.2, 0.25) is 0 Å². The van der Waals surface area contributed by atoms with Gasteiger partial charge in [-0.3, -0.25) is 4.79 Å². The number of aryl methyl sites for hydroxylation is 1. The van der Waals surface area contributed by atoms with Crippen molar-refractivity contribution < 1.29 is 14.1 Å². The van der Waals surface area contributed by atoms with Crippen LogP contribution in [0.15, 0.2) is 34.9 Å². The van der Waals surface area contributed by atoms with Crippen molar-refractivity contribution in [3.05, 3.63) is 41.8 Å². The topological polar surface area (TPSA) is 90.4 Å². The van der Waals surface area contributed by atoms with Crippen LogP contribution in [0.4, 0.5) is 5.69 Å². The third-order valence-electron chi connectivity index (χ3n) is 2.37. The molecule has 0 radical (unpaired) electrons. The molecule has 0 saturated carbocycles. The van der Waals surface area contributed by atoms with Crippen LogP contribution in [-0.4, -0.2) is 17.7 Å². The lowest BCUT2D eigenvalue weighted by Crippen LogP contribution is -2.28. The van der Waals surface area contributed by atoms with Crippen molar-refractivity contribution in [1.29, 1.82) is 0 Å². The molecular weight excluding hydrogens is 246 g/mol. The number of hydrogen-bond donors (Lipinski definition) is 2. The van der Waals surface area contributed by atoms with Gasteiger partial charge in [-0.15, -0.1) is 0 Å². The number of carbonyl (C=O) groups is 1. The fourth-order valence-corrected chi connectivity index (χ4v) is 1.49. The summed E-state index contributed by atoms with van der Waals surface area (Å²) in [6, 6.07) is 8.68. The lowest BCUT2D eigenvalue weighted by atomic mass is 10.3. The number of carbonyl (C=O) groups excluding carboxylic acids is 1. The number of nitrogens with one attached hydrogen (secondary N) is 1. The minimum absolute atomic E-state index is 0.0692. The van der Waals surface area contributed by atoms with Crippen LogP contribution in [0.1, 0.15) is 11.5 Å². The third-order valence-corrected chi connectivity index (χ3v) is 2.37. The van der Waals surface area contributed by atoms with Gasteiger partial charge in [0.05, 0.1) is 6.54 Å². The molecule has 1 aromatic heterocycles. The fourth-order valence-electron chi connectivity index (χ4n) is 1.49. The summed E-state index contributed by atoms with van der Waals surface area (Å²) in [6.45, 7) is 2.04. The zero-order valence-electron chi connectivity index (χ0n) is 10.6. The van der Waals surface area contributed by atoms with Crippen LogP contribution in [0.5, 0.6) is 5.75 Å². The van der Waals surface area contributed by atoms with E-state index in [2.05, 4.69) is 10.5 Å². The number of rotatable bonds is 5. The van der Waals surface area contributed by atoms with E-state index in [0.29, 0.717) is 29.4 Å². The molecule has 0 aliphatic heterocycles. The number of hydrogen-bond acceptors (Lipinski definition) is 5. The Morgan fingerprint density at radius 2 is 2.32 bits per heavy atom. The standard InChI is InChI=1S/C13H15N3O3/c1-9-5-11(16-19-9)7-15-13(17)8-18-12-4-2-3-10(14)6-12/h2-6H,7-8,14H2,1H3,(H,15,17). The monoisotopic (exact) mass is 261 g/mol. The van der Waals surface area contributed by atoms with E-state index in [4.69, 9.17) is 15.0 Å². The summed E-state index contributed by atoms with van der Waals surface area (Å²) in [5.41, 5.74) is 6.87. The van der Waals surface area contributed by atoms with E-state index in [0.717, 1.165) is 0 Å². The number of aromatic nitrogens is 1. The van der Waals surface area contributed by atoms with Crippen molar-refractivity contribution in [2.45, 2.75) is 13.5 Å². The summed E-state index contributed by atoms with van der Waals surface area (Å²) in [6.07, 6.45) is 0. The first kappa shape index (κ1) is 12.9. The molecular formula is C13H15N3O3. The SMILES string of the molecule is Cc1cc(CNC(=O)COc2cccc(N)c2)no1. The maximum Gasteiger partial charge on any atom is 0.258 e. The Morgan fingerprint density at radius 3 is 3.00 bits per heavy atom. The zero-order valence-corrected chi connectivity index (χ0v) is 10.6. The van der Waals surface area contributed by atoms with E-state index in [-0.39, 0.29) is 12.5 Å². The van der Waals surface area contributed by atoms with Crippen LogP contribution in [0, 0.1) is 6.92 Å². The molecule has 6 heteroatoms.